The standard InChI is InChI=1S/C16H25NO/c1-5-12(2)10-17-11-14-8-6-7-13-9-16(3,4)18-15(13)14/h6-8,12,17H,5,9-11H2,1-4H3. The van der Waals surface area contributed by atoms with Crippen molar-refractivity contribution in [2.75, 3.05) is 6.54 Å². The number of fused-ring (bicyclic) bond motifs is 1. The van der Waals surface area contributed by atoms with Gasteiger partial charge in [-0.1, -0.05) is 38.5 Å². The lowest BCUT2D eigenvalue weighted by Gasteiger charge is -2.18. The van der Waals surface area contributed by atoms with Crippen LogP contribution < -0.4 is 10.1 Å². The zero-order valence-corrected chi connectivity index (χ0v) is 12.0. The van der Waals surface area contributed by atoms with Gasteiger partial charge in [0.15, 0.2) is 0 Å². The second kappa shape index (κ2) is 5.31. The fraction of sp³-hybridized carbons (Fsp3) is 0.625. The maximum Gasteiger partial charge on any atom is 0.127 e. The fourth-order valence-corrected chi connectivity index (χ4v) is 2.42. The Morgan fingerprint density at radius 1 is 1.39 bits per heavy atom. The highest BCUT2D eigenvalue weighted by atomic mass is 16.5. The lowest BCUT2D eigenvalue weighted by Crippen LogP contribution is -2.25. The molecule has 0 bridgehead atoms. The van der Waals surface area contributed by atoms with Crippen LogP contribution in [0.4, 0.5) is 0 Å². The van der Waals surface area contributed by atoms with Gasteiger partial charge in [-0.05, 0) is 31.9 Å². The van der Waals surface area contributed by atoms with Crippen molar-refractivity contribution in [3.63, 3.8) is 0 Å². The van der Waals surface area contributed by atoms with E-state index in [-0.39, 0.29) is 5.60 Å². The van der Waals surface area contributed by atoms with Crippen LogP contribution in [0.5, 0.6) is 5.75 Å². The van der Waals surface area contributed by atoms with Crippen molar-refractivity contribution in [2.24, 2.45) is 5.92 Å². The molecule has 18 heavy (non-hydrogen) atoms. The van der Waals surface area contributed by atoms with Crippen molar-refractivity contribution in [3.8, 4) is 5.75 Å². The van der Waals surface area contributed by atoms with E-state index in [0.717, 1.165) is 31.2 Å². The molecule has 100 valence electrons. The van der Waals surface area contributed by atoms with Crippen LogP contribution in [0, 0.1) is 5.92 Å². The molecule has 1 unspecified atom stereocenters. The summed E-state index contributed by atoms with van der Waals surface area (Å²) in [7, 11) is 0. The summed E-state index contributed by atoms with van der Waals surface area (Å²) in [5.74, 6) is 1.85. The summed E-state index contributed by atoms with van der Waals surface area (Å²) in [6.45, 7) is 10.8. The average Bonchev–Trinajstić information content (AvgIpc) is 2.63. The van der Waals surface area contributed by atoms with Gasteiger partial charge in [0.05, 0.1) is 0 Å². The molecule has 1 aliphatic rings. The molecule has 1 heterocycles. The van der Waals surface area contributed by atoms with Gasteiger partial charge in [-0.3, -0.25) is 0 Å². The van der Waals surface area contributed by atoms with Gasteiger partial charge >= 0.3 is 0 Å². The molecule has 0 fully saturated rings. The summed E-state index contributed by atoms with van der Waals surface area (Å²) in [6.07, 6.45) is 2.24. The summed E-state index contributed by atoms with van der Waals surface area (Å²) >= 11 is 0. The molecule has 0 amide bonds. The van der Waals surface area contributed by atoms with Crippen LogP contribution >= 0.6 is 0 Å². The van der Waals surface area contributed by atoms with Crippen LogP contribution in [0.1, 0.15) is 45.2 Å². The Hall–Kier alpha value is -1.02. The van der Waals surface area contributed by atoms with Gasteiger partial charge in [0.2, 0.25) is 0 Å². The maximum absolute atomic E-state index is 6.07. The van der Waals surface area contributed by atoms with Gasteiger partial charge in [-0.15, -0.1) is 0 Å². The minimum atomic E-state index is -0.0465. The summed E-state index contributed by atoms with van der Waals surface area (Å²) in [5.41, 5.74) is 2.60. The smallest absolute Gasteiger partial charge is 0.127 e. The molecule has 0 saturated carbocycles. The number of nitrogens with one attached hydrogen (secondary N) is 1. The summed E-state index contributed by atoms with van der Waals surface area (Å²) in [4.78, 5) is 0. The first-order valence-corrected chi connectivity index (χ1v) is 7.02. The van der Waals surface area contributed by atoms with Crippen molar-refractivity contribution in [2.45, 2.75) is 52.7 Å². The van der Waals surface area contributed by atoms with Gasteiger partial charge in [0.1, 0.15) is 11.4 Å². The molecule has 1 aromatic rings. The Morgan fingerprint density at radius 3 is 2.89 bits per heavy atom. The lowest BCUT2D eigenvalue weighted by molar-refractivity contribution is 0.137. The lowest BCUT2D eigenvalue weighted by atomic mass is 10.0. The van der Waals surface area contributed by atoms with Crippen LogP contribution in [-0.2, 0) is 13.0 Å². The molecule has 1 atom stereocenters. The Morgan fingerprint density at radius 2 is 2.17 bits per heavy atom. The van der Waals surface area contributed by atoms with Gasteiger partial charge in [0, 0.05) is 18.5 Å². The minimum Gasteiger partial charge on any atom is -0.487 e. The van der Waals surface area contributed by atoms with Gasteiger partial charge in [-0.25, -0.2) is 0 Å². The summed E-state index contributed by atoms with van der Waals surface area (Å²) in [5, 5.41) is 3.53. The van der Waals surface area contributed by atoms with E-state index in [2.05, 4.69) is 51.2 Å². The zero-order valence-electron chi connectivity index (χ0n) is 12.0. The first-order chi connectivity index (χ1) is 8.52. The zero-order chi connectivity index (χ0) is 13.2. The minimum absolute atomic E-state index is 0.0465. The Balaban J connectivity index is 2.01. The van der Waals surface area contributed by atoms with Gasteiger partial charge in [0.25, 0.3) is 0 Å². The summed E-state index contributed by atoms with van der Waals surface area (Å²) in [6, 6.07) is 6.50. The molecular weight excluding hydrogens is 222 g/mol. The highest BCUT2D eigenvalue weighted by Crippen LogP contribution is 2.37. The molecular formula is C16H25NO. The van der Waals surface area contributed by atoms with Crippen LogP contribution in [0.15, 0.2) is 18.2 Å². The highest BCUT2D eigenvalue weighted by molar-refractivity contribution is 5.45. The number of hydrogen-bond acceptors (Lipinski definition) is 2. The van der Waals surface area contributed by atoms with E-state index in [0.29, 0.717) is 0 Å². The fourth-order valence-electron chi connectivity index (χ4n) is 2.42. The van der Waals surface area contributed by atoms with Crippen LogP contribution in [0.25, 0.3) is 0 Å². The van der Waals surface area contributed by atoms with Gasteiger partial charge < -0.3 is 10.1 Å². The SMILES string of the molecule is CCC(C)CNCc1cccc2c1OC(C)(C)C2. The van der Waals surface area contributed by atoms with E-state index in [9.17, 15) is 0 Å². The number of rotatable bonds is 5. The topological polar surface area (TPSA) is 21.3 Å². The summed E-state index contributed by atoms with van der Waals surface area (Å²) < 4.78 is 6.07. The molecule has 2 rings (SSSR count). The maximum atomic E-state index is 6.07. The van der Waals surface area contributed by atoms with E-state index in [4.69, 9.17) is 4.74 Å². The van der Waals surface area contributed by atoms with E-state index >= 15 is 0 Å². The van der Waals surface area contributed by atoms with E-state index in [1.165, 1.54) is 17.5 Å². The molecule has 0 aromatic heterocycles. The molecule has 2 heteroatoms. The molecule has 1 aromatic carbocycles. The predicted octanol–water partition coefficient (Wildman–Crippen LogP) is 3.54. The quantitative estimate of drug-likeness (QED) is 0.859. The van der Waals surface area contributed by atoms with Crippen molar-refractivity contribution < 1.29 is 4.74 Å². The predicted molar refractivity (Wildman–Crippen MR) is 76.0 cm³/mol. The van der Waals surface area contributed by atoms with Crippen molar-refractivity contribution in [1.82, 2.24) is 5.32 Å². The van der Waals surface area contributed by atoms with Crippen LogP contribution in [-0.4, -0.2) is 12.1 Å². The van der Waals surface area contributed by atoms with Crippen LogP contribution in [0.3, 0.4) is 0 Å². The second-order valence-electron chi connectivity index (χ2n) is 6.09. The molecule has 0 saturated heterocycles. The molecule has 0 aliphatic carbocycles. The van der Waals surface area contributed by atoms with E-state index in [1.54, 1.807) is 0 Å². The normalized spacial score (nSPS) is 18.2. The van der Waals surface area contributed by atoms with Gasteiger partial charge in [-0.2, -0.15) is 0 Å². The second-order valence-corrected chi connectivity index (χ2v) is 6.09. The highest BCUT2D eigenvalue weighted by Gasteiger charge is 2.31. The Bertz CT molecular complexity index is 412. The number of benzene rings is 1. The Kier molecular flexibility index (Phi) is 3.96. The molecule has 0 spiro atoms. The molecule has 1 aliphatic heterocycles. The first-order valence-electron chi connectivity index (χ1n) is 7.02. The van der Waals surface area contributed by atoms with Crippen molar-refractivity contribution >= 4 is 0 Å². The molecule has 1 N–H and O–H groups in total. The van der Waals surface area contributed by atoms with Crippen molar-refractivity contribution in [3.05, 3.63) is 29.3 Å². The third-order valence-electron chi connectivity index (χ3n) is 3.68. The third kappa shape index (κ3) is 3.05. The number of hydrogen-bond donors (Lipinski definition) is 1. The third-order valence-corrected chi connectivity index (χ3v) is 3.68. The monoisotopic (exact) mass is 247 g/mol. The molecule has 0 radical (unpaired) electrons. The number of para-hydroxylation sites is 1. The Labute approximate surface area is 111 Å². The largest absolute Gasteiger partial charge is 0.487 e. The van der Waals surface area contributed by atoms with E-state index in [1.807, 2.05) is 0 Å². The van der Waals surface area contributed by atoms with Crippen molar-refractivity contribution in [1.29, 1.82) is 0 Å². The average molecular weight is 247 g/mol. The molecule has 2 nitrogen and oxygen atoms in total. The number of ether oxygens (including phenoxy) is 1. The first kappa shape index (κ1) is 13.4. The van der Waals surface area contributed by atoms with Crippen LogP contribution in [0.2, 0.25) is 0 Å². The van der Waals surface area contributed by atoms with E-state index < -0.39 is 0 Å².